The van der Waals surface area contributed by atoms with Crippen LogP contribution in [0.15, 0.2) is 0 Å². The lowest BCUT2D eigenvalue weighted by Gasteiger charge is -2.33. The lowest BCUT2D eigenvalue weighted by atomic mass is 9.76. The SMILES string of the molecule is CC(F)(F)C(CCN)C1CCCCC1. The molecule has 0 aromatic heterocycles. The van der Waals surface area contributed by atoms with E-state index in [0.717, 1.165) is 32.6 Å². The zero-order valence-electron chi connectivity index (χ0n) is 8.94. The molecule has 2 N–H and O–H groups in total. The summed E-state index contributed by atoms with van der Waals surface area (Å²) in [7, 11) is 0. The first kappa shape index (κ1) is 11.9. The summed E-state index contributed by atoms with van der Waals surface area (Å²) in [4.78, 5) is 0. The van der Waals surface area contributed by atoms with Crippen LogP contribution in [0.25, 0.3) is 0 Å². The molecule has 0 aromatic rings. The summed E-state index contributed by atoms with van der Waals surface area (Å²) in [6.45, 7) is 1.42. The zero-order valence-corrected chi connectivity index (χ0v) is 8.94. The highest BCUT2D eigenvalue weighted by molar-refractivity contribution is 4.82. The van der Waals surface area contributed by atoms with Gasteiger partial charge in [0, 0.05) is 5.92 Å². The second-order valence-corrected chi connectivity index (χ2v) is 4.54. The number of nitrogens with two attached hydrogens (primary N) is 1. The molecule has 0 amide bonds. The van der Waals surface area contributed by atoms with E-state index in [0.29, 0.717) is 13.0 Å². The van der Waals surface area contributed by atoms with E-state index in [4.69, 9.17) is 5.73 Å². The molecule has 0 heterocycles. The maximum Gasteiger partial charge on any atom is 0.248 e. The van der Waals surface area contributed by atoms with Gasteiger partial charge in [-0.3, -0.25) is 0 Å². The van der Waals surface area contributed by atoms with Crippen molar-refractivity contribution in [3.8, 4) is 0 Å². The molecule has 3 heteroatoms. The topological polar surface area (TPSA) is 26.0 Å². The van der Waals surface area contributed by atoms with Crippen LogP contribution < -0.4 is 5.73 Å². The average molecular weight is 205 g/mol. The molecule has 0 radical (unpaired) electrons. The molecular formula is C11H21F2N. The predicted octanol–water partition coefficient (Wildman–Crippen LogP) is 3.19. The second-order valence-electron chi connectivity index (χ2n) is 4.54. The van der Waals surface area contributed by atoms with E-state index < -0.39 is 11.8 Å². The van der Waals surface area contributed by atoms with Crippen molar-refractivity contribution in [1.82, 2.24) is 0 Å². The number of hydrogen-bond donors (Lipinski definition) is 1. The summed E-state index contributed by atoms with van der Waals surface area (Å²) in [5.74, 6) is -2.85. The van der Waals surface area contributed by atoms with Gasteiger partial charge < -0.3 is 5.73 Å². The van der Waals surface area contributed by atoms with Crippen LogP contribution in [0, 0.1) is 11.8 Å². The quantitative estimate of drug-likeness (QED) is 0.749. The van der Waals surface area contributed by atoms with E-state index >= 15 is 0 Å². The highest BCUT2D eigenvalue weighted by atomic mass is 19.3. The largest absolute Gasteiger partial charge is 0.330 e. The lowest BCUT2D eigenvalue weighted by molar-refractivity contribution is -0.0716. The van der Waals surface area contributed by atoms with Crippen LogP contribution in [-0.4, -0.2) is 12.5 Å². The minimum atomic E-state index is -2.55. The molecule has 0 aliphatic heterocycles. The maximum atomic E-state index is 13.3. The molecular weight excluding hydrogens is 184 g/mol. The Balaban J connectivity index is 2.56. The van der Waals surface area contributed by atoms with Crippen molar-refractivity contribution >= 4 is 0 Å². The van der Waals surface area contributed by atoms with Gasteiger partial charge in [0.1, 0.15) is 0 Å². The fourth-order valence-corrected chi connectivity index (χ4v) is 2.62. The zero-order chi connectivity index (χ0) is 10.6. The van der Waals surface area contributed by atoms with Crippen LogP contribution >= 0.6 is 0 Å². The van der Waals surface area contributed by atoms with E-state index in [2.05, 4.69) is 0 Å². The van der Waals surface area contributed by atoms with Gasteiger partial charge in [-0.25, -0.2) is 8.78 Å². The Morgan fingerprint density at radius 1 is 1.29 bits per heavy atom. The van der Waals surface area contributed by atoms with Crippen molar-refractivity contribution < 1.29 is 8.78 Å². The first-order valence-electron chi connectivity index (χ1n) is 5.63. The highest BCUT2D eigenvalue weighted by Gasteiger charge is 2.39. The fraction of sp³-hybridized carbons (Fsp3) is 1.00. The van der Waals surface area contributed by atoms with Gasteiger partial charge in [-0.15, -0.1) is 0 Å². The van der Waals surface area contributed by atoms with Crippen LogP contribution in [0.1, 0.15) is 45.4 Å². The summed E-state index contributed by atoms with van der Waals surface area (Å²) in [5, 5.41) is 0. The van der Waals surface area contributed by atoms with Crippen molar-refractivity contribution in [3.63, 3.8) is 0 Å². The minimum Gasteiger partial charge on any atom is -0.330 e. The summed E-state index contributed by atoms with van der Waals surface area (Å²) in [6, 6.07) is 0. The van der Waals surface area contributed by atoms with Gasteiger partial charge in [-0.2, -0.15) is 0 Å². The normalized spacial score (nSPS) is 22.3. The van der Waals surface area contributed by atoms with Crippen molar-refractivity contribution in [3.05, 3.63) is 0 Å². The van der Waals surface area contributed by atoms with Gasteiger partial charge in [0.2, 0.25) is 5.92 Å². The monoisotopic (exact) mass is 205 g/mol. The molecule has 0 aromatic carbocycles. The standard InChI is InChI=1S/C11H21F2N/c1-11(12,13)10(7-8-14)9-5-3-2-4-6-9/h9-10H,2-8,14H2,1H3. The van der Waals surface area contributed by atoms with Crippen molar-refractivity contribution in [2.45, 2.75) is 51.4 Å². The predicted molar refractivity (Wildman–Crippen MR) is 54.4 cm³/mol. The van der Waals surface area contributed by atoms with Crippen molar-refractivity contribution in [1.29, 1.82) is 0 Å². The average Bonchev–Trinajstić information content (AvgIpc) is 2.14. The third-order valence-corrected chi connectivity index (χ3v) is 3.35. The molecule has 1 nitrogen and oxygen atoms in total. The molecule has 1 fully saturated rings. The molecule has 0 spiro atoms. The molecule has 1 unspecified atom stereocenters. The number of alkyl halides is 2. The third-order valence-electron chi connectivity index (χ3n) is 3.35. The van der Waals surface area contributed by atoms with E-state index in [1.165, 1.54) is 6.42 Å². The lowest BCUT2D eigenvalue weighted by Crippen LogP contribution is -2.34. The third kappa shape index (κ3) is 3.19. The molecule has 14 heavy (non-hydrogen) atoms. The van der Waals surface area contributed by atoms with Gasteiger partial charge in [0.25, 0.3) is 0 Å². The first-order chi connectivity index (χ1) is 6.55. The summed E-state index contributed by atoms with van der Waals surface area (Å²) in [5.41, 5.74) is 5.40. The molecule has 1 atom stereocenters. The Kier molecular flexibility index (Phi) is 4.30. The maximum absolute atomic E-state index is 13.3. The molecule has 1 aliphatic rings. The Morgan fingerprint density at radius 2 is 1.86 bits per heavy atom. The number of halogens is 2. The molecule has 0 bridgehead atoms. The van der Waals surface area contributed by atoms with Gasteiger partial charge >= 0.3 is 0 Å². The van der Waals surface area contributed by atoms with Crippen LogP contribution in [-0.2, 0) is 0 Å². The molecule has 0 saturated heterocycles. The second kappa shape index (κ2) is 5.06. The van der Waals surface area contributed by atoms with Gasteiger partial charge in [0.15, 0.2) is 0 Å². The Bertz CT molecular complexity index is 159. The van der Waals surface area contributed by atoms with E-state index in [-0.39, 0.29) is 5.92 Å². The fourth-order valence-electron chi connectivity index (χ4n) is 2.62. The summed E-state index contributed by atoms with van der Waals surface area (Å²) < 4.78 is 26.6. The van der Waals surface area contributed by atoms with Crippen LogP contribution in [0.4, 0.5) is 8.78 Å². The first-order valence-corrected chi connectivity index (χ1v) is 5.63. The number of hydrogen-bond acceptors (Lipinski definition) is 1. The Labute approximate surface area is 85.1 Å². The highest BCUT2D eigenvalue weighted by Crippen LogP contribution is 2.39. The Morgan fingerprint density at radius 3 is 2.29 bits per heavy atom. The summed E-state index contributed by atoms with van der Waals surface area (Å²) >= 11 is 0. The van der Waals surface area contributed by atoms with Crippen molar-refractivity contribution in [2.24, 2.45) is 17.6 Å². The van der Waals surface area contributed by atoms with E-state index in [1.54, 1.807) is 0 Å². The molecule has 1 rings (SSSR count). The van der Waals surface area contributed by atoms with Crippen molar-refractivity contribution in [2.75, 3.05) is 6.54 Å². The van der Waals surface area contributed by atoms with E-state index in [1.807, 2.05) is 0 Å². The smallest absolute Gasteiger partial charge is 0.248 e. The van der Waals surface area contributed by atoms with Crippen LogP contribution in [0.3, 0.4) is 0 Å². The van der Waals surface area contributed by atoms with Crippen LogP contribution in [0.5, 0.6) is 0 Å². The minimum absolute atomic E-state index is 0.201. The summed E-state index contributed by atoms with van der Waals surface area (Å²) in [6.07, 6.45) is 5.83. The molecule has 1 saturated carbocycles. The van der Waals surface area contributed by atoms with Gasteiger partial charge in [-0.05, 0) is 38.6 Å². The number of rotatable bonds is 4. The Hall–Kier alpha value is -0.180. The van der Waals surface area contributed by atoms with E-state index in [9.17, 15) is 8.78 Å². The van der Waals surface area contributed by atoms with Crippen LogP contribution in [0.2, 0.25) is 0 Å². The molecule has 84 valence electrons. The van der Waals surface area contributed by atoms with Gasteiger partial charge in [-0.1, -0.05) is 19.3 Å². The molecule has 1 aliphatic carbocycles. The van der Waals surface area contributed by atoms with Gasteiger partial charge in [0.05, 0.1) is 0 Å².